The lowest BCUT2D eigenvalue weighted by Crippen LogP contribution is -2.42. The molecular formula is C17H27N3O. The van der Waals surface area contributed by atoms with Gasteiger partial charge in [0, 0.05) is 38.0 Å². The van der Waals surface area contributed by atoms with E-state index in [1.165, 1.54) is 43.2 Å². The summed E-state index contributed by atoms with van der Waals surface area (Å²) in [6.07, 6.45) is 9.32. The van der Waals surface area contributed by atoms with Gasteiger partial charge in [-0.1, -0.05) is 0 Å². The summed E-state index contributed by atoms with van der Waals surface area (Å²) in [7, 11) is 0. The number of hydrogen-bond acceptors (Lipinski definition) is 4. The smallest absolute Gasteiger partial charge is 0.131 e. The van der Waals surface area contributed by atoms with Gasteiger partial charge in [-0.05, 0) is 62.6 Å². The van der Waals surface area contributed by atoms with Crippen LogP contribution in [0.1, 0.15) is 49.7 Å². The quantitative estimate of drug-likeness (QED) is 0.771. The largest absolute Gasteiger partial charge is 0.396 e. The Morgan fingerprint density at radius 3 is 2.71 bits per heavy atom. The highest BCUT2D eigenvalue weighted by Gasteiger charge is 2.26. The number of hydrogen-bond donors (Lipinski definition) is 2. The van der Waals surface area contributed by atoms with Crippen LogP contribution in [0.15, 0.2) is 12.3 Å². The molecule has 0 spiro atoms. The first-order chi connectivity index (χ1) is 10.3. The Hall–Kier alpha value is -1.13. The van der Waals surface area contributed by atoms with E-state index in [2.05, 4.69) is 23.2 Å². The van der Waals surface area contributed by atoms with Gasteiger partial charge in [0.25, 0.3) is 0 Å². The number of nitrogens with zero attached hydrogens (tertiary/aromatic N) is 2. The van der Waals surface area contributed by atoms with E-state index < -0.39 is 0 Å². The number of aryl methyl sites for hydroxylation is 1. The molecule has 0 radical (unpaired) electrons. The highest BCUT2D eigenvalue weighted by Crippen LogP contribution is 2.30. The third-order valence-electron chi connectivity index (χ3n) is 4.62. The predicted octanol–water partition coefficient (Wildman–Crippen LogP) is 2.38. The molecule has 2 aliphatic carbocycles. The molecule has 2 aliphatic rings. The van der Waals surface area contributed by atoms with Crippen molar-refractivity contribution in [3.63, 3.8) is 0 Å². The summed E-state index contributed by atoms with van der Waals surface area (Å²) in [4.78, 5) is 7.15. The molecular weight excluding hydrogens is 262 g/mol. The Kier molecular flexibility index (Phi) is 4.76. The zero-order valence-corrected chi connectivity index (χ0v) is 13.0. The third kappa shape index (κ3) is 3.74. The molecule has 0 aliphatic heterocycles. The second kappa shape index (κ2) is 6.75. The van der Waals surface area contributed by atoms with Crippen LogP contribution < -0.4 is 10.2 Å². The predicted molar refractivity (Wildman–Crippen MR) is 85.5 cm³/mol. The number of pyridine rings is 1. The van der Waals surface area contributed by atoms with Crippen molar-refractivity contribution in [1.29, 1.82) is 0 Å². The molecule has 116 valence electrons. The maximum Gasteiger partial charge on any atom is 0.131 e. The summed E-state index contributed by atoms with van der Waals surface area (Å²) in [6.45, 7) is 4.26. The van der Waals surface area contributed by atoms with Gasteiger partial charge in [-0.2, -0.15) is 0 Å². The highest BCUT2D eigenvalue weighted by atomic mass is 16.3. The molecule has 1 aromatic heterocycles. The molecule has 21 heavy (non-hydrogen) atoms. The molecule has 0 bridgehead atoms. The molecule has 0 saturated heterocycles. The van der Waals surface area contributed by atoms with Crippen LogP contribution >= 0.6 is 0 Å². The van der Waals surface area contributed by atoms with Crippen molar-refractivity contribution in [2.75, 3.05) is 18.1 Å². The summed E-state index contributed by atoms with van der Waals surface area (Å²) in [5.74, 6) is 1.11. The van der Waals surface area contributed by atoms with Gasteiger partial charge in [0.2, 0.25) is 0 Å². The van der Waals surface area contributed by atoms with Crippen LogP contribution in [-0.4, -0.2) is 35.3 Å². The van der Waals surface area contributed by atoms with E-state index in [0.29, 0.717) is 6.04 Å². The minimum Gasteiger partial charge on any atom is -0.396 e. The Bertz CT molecular complexity index is 469. The molecule has 3 rings (SSSR count). The molecule has 0 atom stereocenters. The summed E-state index contributed by atoms with van der Waals surface area (Å²) in [6, 6.07) is 3.63. The summed E-state index contributed by atoms with van der Waals surface area (Å²) in [5, 5.41) is 12.7. The molecule has 0 aromatic carbocycles. The lowest BCUT2D eigenvalue weighted by atomic mass is 9.91. The van der Waals surface area contributed by atoms with Crippen LogP contribution in [0.5, 0.6) is 0 Å². The van der Waals surface area contributed by atoms with Gasteiger partial charge in [0.1, 0.15) is 5.82 Å². The first-order valence-corrected chi connectivity index (χ1v) is 8.34. The molecule has 0 unspecified atom stereocenters. The molecule has 1 aromatic rings. The van der Waals surface area contributed by atoms with Crippen molar-refractivity contribution in [2.24, 2.45) is 0 Å². The van der Waals surface area contributed by atoms with Gasteiger partial charge in [-0.15, -0.1) is 0 Å². The van der Waals surface area contributed by atoms with Crippen LogP contribution in [-0.2, 0) is 6.54 Å². The van der Waals surface area contributed by atoms with Gasteiger partial charge < -0.3 is 15.3 Å². The second-order valence-electron chi connectivity index (χ2n) is 6.49. The maximum absolute atomic E-state index is 9.12. The molecule has 1 heterocycles. The number of rotatable bonds is 8. The zero-order chi connectivity index (χ0) is 14.7. The lowest BCUT2D eigenvalue weighted by Gasteiger charge is -2.39. The van der Waals surface area contributed by atoms with Crippen molar-refractivity contribution in [2.45, 2.75) is 64.1 Å². The Labute approximate surface area is 127 Å². The van der Waals surface area contributed by atoms with Gasteiger partial charge in [-0.25, -0.2) is 4.98 Å². The van der Waals surface area contributed by atoms with Crippen molar-refractivity contribution < 1.29 is 5.11 Å². The summed E-state index contributed by atoms with van der Waals surface area (Å²) >= 11 is 0. The lowest BCUT2D eigenvalue weighted by molar-refractivity contribution is 0.282. The van der Waals surface area contributed by atoms with E-state index in [-0.39, 0.29) is 6.61 Å². The van der Waals surface area contributed by atoms with Crippen molar-refractivity contribution in [1.82, 2.24) is 10.3 Å². The van der Waals surface area contributed by atoms with Gasteiger partial charge in [0.05, 0.1) is 0 Å². The maximum atomic E-state index is 9.12. The van der Waals surface area contributed by atoms with Gasteiger partial charge >= 0.3 is 0 Å². The fraction of sp³-hybridized carbons (Fsp3) is 0.706. The van der Waals surface area contributed by atoms with E-state index in [4.69, 9.17) is 10.1 Å². The number of aliphatic hydroxyl groups excluding tert-OH is 1. The van der Waals surface area contributed by atoms with E-state index in [9.17, 15) is 0 Å². The van der Waals surface area contributed by atoms with Crippen molar-refractivity contribution in [3.05, 3.63) is 23.4 Å². The van der Waals surface area contributed by atoms with Crippen LogP contribution in [0.4, 0.5) is 5.82 Å². The summed E-state index contributed by atoms with van der Waals surface area (Å²) in [5.41, 5.74) is 2.54. The molecule has 2 saturated carbocycles. The number of aliphatic hydroxyl groups is 1. The number of nitrogens with one attached hydrogen (secondary N) is 1. The average molecular weight is 289 g/mol. The average Bonchev–Trinajstić information content (AvgIpc) is 3.23. The molecule has 4 nitrogen and oxygen atoms in total. The Balaban J connectivity index is 1.68. The SMILES string of the molecule is Cc1cc(CNC2CC2)cnc1N(CCCO)C1CCC1. The number of anilines is 1. The highest BCUT2D eigenvalue weighted by molar-refractivity contribution is 5.48. The standard InChI is InChI=1S/C17H27N3O/c1-13-10-14(11-18-15-6-7-15)12-19-17(13)20(8-3-9-21)16-4-2-5-16/h10,12,15-16,18,21H,2-9,11H2,1H3. The van der Waals surface area contributed by atoms with Crippen molar-refractivity contribution in [3.8, 4) is 0 Å². The first kappa shape index (κ1) is 14.8. The Morgan fingerprint density at radius 1 is 1.33 bits per heavy atom. The first-order valence-electron chi connectivity index (χ1n) is 8.34. The zero-order valence-electron chi connectivity index (χ0n) is 13.0. The number of aromatic nitrogens is 1. The Morgan fingerprint density at radius 2 is 2.14 bits per heavy atom. The second-order valence-corrected chi connectivity index (χ2v) is 6.49. The van der Waals surface area contributed by atoms with E-state index in [1.54, 1.807) is 0 Å². The van der Waals surface area contributed by atoms with E-state index >= 15 is 0 Å². The van der Waals surface area contributed by atoms with E-state index in [0.717, 1.165) is 31.4 Å². The van der Waals surface area contributed by atoms with Gasteiger partial charge in [0.15, 0.2) is 0 Å². The van der Waals surface area contributed by atoms with Gasteiger partial charge in [-0.3, -0.25) is 0 Å². The normalized spacial score (nSPS) is 18.6. The topological polar surface area (TPSA) is 48.4 Å². The fourth-order valence-corrected chi connectivity index (χ4v) is 2.97. The fourth-order valence-electron chi connectivity index (χ4n) is 2.97. The van der Waals surface area contributed by atoms with E-state index in [1.807, 2.05) is 6.20 Å². The van der Waals surface area contributed by atoms with Crippen molar-refractivity contribution >= 4 is 5.82 Å². The van der Waals surface area contributed by atoms with Crippen LogP contribution in [0.25, 0.3) is 0 Å². The molecule has 0 amide bonds. The molecule has 2 N–H and O–H groups in total. The molecule has 2 fully saturated rings. The van der Waals surface area contributed by atoms with Crippen LogP contribution in [0.3, 0.4) is 0 Å². The third-order valence-corrected chi connectivity index (χ3v) is 4.62. The minimum absolute atomic E-state index is 0.256. The molecule has 4 heteroatoms. The monoisotopic (exact) mass is 289 g/mol. The minimum atomic E-state index is 0.256. The summed E-state index contributed by atoms with van der Waals surface area (Å²) < 4.78 is 0. The van der Waals surface area contributed by atoms with Crippen LogP contribution in [0, 0.1) is 6.92 Å². The van der Waals surface area contributed by atoms with Crippen LogP contribution in [0.2, 0.25) is 0 Å².